The Morgan fingerprint density at radius 2 is 1.96 bits per heavy atom. The Kier molecular flexibility index (Phi) is 6.09. The van der Waals surface area contributed by atoms with Crippen LogP contribution >= 0.6 is 50.9 Å². The number of benzene rings is 1. The molecule has 132 valence electrons. The third-order valence-electron chi connectivity index (χ3n) is 3.52. The molecular formula is C16H16BrCl2N5S. The molecule has 1 unspecified atom stereocenters. The number of anilines is 1. The van der Waals surface area contributed by atoms with Crippen molar-refractivity contribution in [2.45, 2.75) is 41.2 Å². The maximum atomic E-state index is 6.05. The number of alkyl halides is 1. The van der Waals surface area contributed by atoms with Crippen LogP contribution in [0.25, 0.3) is 11.5 Å². The fourth-order valence-corrected chi connectivity index (χ4v) is 4.21. The average Bonchev–Trinajstić information content (AvgIpc) is 2.93. The van der Waals surface area contributed by atoms with Gasteiger partial charge in [0.1, 0.15) is 0 Å². The van der Waals surface area contributed by atoms with Crippen LogP contribution in [0.3, 0.4) is 0 Å². The predicted molar refractivity (Wildman–Crippen MR) is 107 cm³/mol. The standard InChI is InChI=1S/C16H16BrCl2N5S/c1-9(17)3-2-4-24-8-21-14(20)13-15(24)23-16(22-13)25-12-6-10(18)5-11(19)7-12/h5-9H,2-4,20H2,1H3. The molecule has 0 amide bonds. The first-order chi connectivity index (χ1) is 11.9. The molecule has 25 heavy (non-hydrogen) atoms. The minimum atomic E-state index is 0.378. The Balaban J connectivity index is 1.87. The SMILES string of the molecule is CC(Br)CCCn1cnc(N)c2nc(Sc3cc(Cl)cc(Cl)c3)nc1-2. The Hall–Kier alpha value is -1.02. The topological polar surface area (TPSA) is 69.6 Å². The highest BCUT2D eigenvalue weighted by molar-refractivity contribution is 9.09. The molecule has 1 aromatic carbocycles. The van der Waals surface area contributed by atoms with E-state index in [2.05, 4.69) is 37.8 Å². The number of nitrogens with two attached hydrogens (primary N) is 1. The van der Waals surface area contributed by atoms with Gasteiger partial charge in [-0.15, -0.1) is 0 Å². The average molecular weight is 461 g/mol. The van der Waals surface area contributed by atoms with E-state index in [0.29, 0.717) is 31.5 Å². The fraction of sp³-hybridized carbons (Fsp3) is 0.312. The van der Waals surface area contributed by atoms with Crippen molar-refractivity contribution >= 4 is 56.7 Å². The summed E-state index contributed by atoms with van der Waals surface area (Å²) in [5.41, 5.74) is 6.59. The van der Waals surface area contributed by atoms with Gasteiger partial charge in [-0.25, -0.2) is 15.0 Å². The van der Waals surface area contributed by atoms with Gasteiger partial charge in [-0.1, -0.05) is 46.1 Å². The van der Waals surface area contributed by atoms with Crippen molar-refractivity contribution in [3.8, 4) is 11.5 Å². The second-order valence-electron chi connectivity index (χ2n) is 5.63. The molecule has 0 radical (unpaired) electrons. The smallest absolute Gasteiger partial charge is 0.195 e. The summed E-state index contributed by atoms with van der Waals surface area (Å²) in [4.78, 5) is 14.7. The first-order valence-corrected chi connectivity index (χ1v) is 10.2. The minimum absolute atomic E-state index is 0.378. The number of nitrogens with zero attached hydrogens (tertiary/aromatic N) is 4. The number of rotatable bonds is 6. The van der Waals surface area contributed by atoms with Gasteiger partial charge in [0, 0.05) is 26.3 Å². The molecule has 0 fully saturated rings. The zero-order chi connectivity index (χ0) is 18.0. The van der Waals surface area contributed by atoms with Gasteiger partial charge in [-0.05, 0) is 42.8 Å². The predicted octanol–water partition coefficient (Wildman–Crippen LogP) is 5.38. The van der Waals surface area contributed by atoms with Gasteiger partial charge in [-0.3, -0.25) is 0 Å². The van der Waals surface area contributed by atoms with Crippen molar-refractivity contribution in [1.29, 1.82) is 0 Å². The monoisotopic (exact) mass is 459 g/mol. The molecule has 0 spiro atoms. The van der Waals surface area contributed by atoms with Gasteiger partial charge in [0.25, 0.3) is 0 Å². The van der Waals surface area contributed by atoms with Gasteiger partial charge >= 0.3 is 0 Å². The molecule has 3 rings (SSSR count). The molecule has 2 N–H and O–H groups in total. The maximum Gasteiger partial charge on any atom is 0.195 e. The van der Waals surface area contributed by atoms with Crippen molar-refractivity contribution in [3.05, 3.63) is 34.6 Å². The van der Waals surface area contributed by atoms with Gasteiger partial charge in [0.2, 0.25) is 0 Å². The summed E-state index contributed by atoms with van der Waals surface area (Å²) in [5.74, 6) is 1.12. The molecule has 2 aliphatic heterocycles. The Bertz CT molecular complexity index is 834. The quantitative estimate of drug-likeness (QED) is 0.500. The van der Waals surface area contributed by atoms with Crippen LogP contribution in [0.5, 0.6) is 0 Å². The molecule has 2 heterocycles. The van der Waals surface area contributed by atoms with Crippen molar-refractivity contribution in [2.24, 2.45) is 0 Å². The second-order valence-corrected chi connectivity index (χ2v) is 9.11. The number of hydrogen-bond acceptors (Lipinski definition) is 5. The lowest BCUT2D eigenvalue weighted by Gasteiger charge is -2.11. The van der Waals surface area contributed by atoms with Crippen molar-refractivity contribution in [3.63, 3.8) is 0 Å². The normalized spacial score (nSPS) is 12.6. The molecule has 9 heteroatoms. The van der Waals surface area contributed by atoms with E-state index in [4.69, 9.17) is 28.9 Å². The van der Waals surface area contributed by atoms with Crippen molar-refractivity contribution in [1.82, 2.24) is 19.5 Å². The van der Waals surface area contributed by atoms with E-state index in [-0.39, 0.29) is 0 Å². The summed E-state index contributed by atoms with van der Waals surface area (Å²) >= 11 is 17.1. The number of nitrogen functional groups attached to an aromatic ring is 1. The Morgan fingerprint density at radius 1 is 1.24 bits per heavy atom. The third kappa shape index (κ3) is 4.78. The van der Waals surface area contributed by atoms with Crippen LogP contribution in [0.15, 0.2) is 34.6 Å². The molecule has 0 aromatic heterocycles. The molecule has 0 bridgehead atoms. The first-order valence-electron chi connectivity index (χ1n) is 7.69. The maximum absolute atomic E-state index is 6.05. The summed E-state index contributed by atoms with van der Waals surface area (Å²) < 4.78 is 1.99. The Labute approximate surface area is 168 Å². The van der Waals surface area contributed by atoms with Crippen LogP contribution in [0.4, 0.5) is 5.82 Å². The number of aromatic nitrogens is 4. The molecule has 1 atom stereocenters. The molecule has 5 nitrogen and oxygen atoms in total. The van der Waals surface area contributed by atoms with E-state index in [0.717, 1.165) is 30.1 Å². The number of imidazole rings is 1. The molecule has 2 aliphatic rings. The van der Waals surface area contributed by atoms with Crippen molar-refractivity contribution < 1.29 is 0 Å². The lowest BCUT2D eigenvalue weighted by molar-refractivity contribution is 0.599. The lowest BCUT2D eigenvalue weighted by atomic mass is 10.2. The van der Waals surface area contributed by atoms with E-state index in [1.54, 1.807) is 12.4 Å². The van der Waals surface area contributed by atoms with Crippen LogP contribution < -0.4 is 5.73 Å². The van der Waals surface area contributed by atoms with E-state index >= 15 is 0 Å². The number of halogens is 3. The van der Waals surface area contributed by atoms with E-state index in [1.807, 2.05) is 16.7 Å². The summed E-state index contributed by atoms with van der Waals surface area (Å²) in [6.07, 6.45) is 3.79. The summed E-state index contributed by atoms with van der Waals surface area (Å²) in [6.45, 7) is 2.94. The molecule has 0 saturated heterocycles. The highest BCUT2D eigenvalue weighted by atomic mass is 79.9. The number of aryl methyl sites for hydroxylation is 1. The zero-order valence-corrected chi connectivity index (χ0v) is 17.3. The molecule has 0 aliphatic carbocycles. The van der Waals surface area contributed by atoms with E-state index in [9.17, 15) is 0 Å². The summed E-state index contributed by atoms with van der Waals surface area (Å²) in [5, 5.41) is 1.74. The first kappa shape index (κ1) is 18.8. The largest absolute Gasteiger partial charge is 0.382 e. The number of fused-ring (bicyclic) bond motifs is 1. The highest BCUT2D eigenvalue weighted by Crippen LogP contribution is 2.34. The highest BCUT2D eigenvalue weighted by Gasteiger charge is 2.19. The third-order valence-corrected chi connectivity index (χ3v) is 5.25. The summed E-state index contributed by atoms with van der Waals surface area (Å²) in [6, 6.07) is 5.34. The van der Waals surface area contributed by atoms with Crippen LogP contribution in [0, 0.1) is 0 Å². The zero-order valence-electron chi connectivity index (χ0n) is 13.4. The van der Waals surface area contributed by atoms with Gasteiger partial charge in [0.15, 0.2) is 22.5 Å². The lowest BCUT2D eigenvalue weighted by Crippen LogP contribution is -2.09. The molecule has 1 aromatic rings. The Morgan fingerprint density at radius 3 is 2.64 bits per heavy atom. The second kappa shape index (κ2) is 8.12. The van der Waals surface area contributed by atoms with Gasteiger partial charge < -0.3 is 10.3 Å². The van der Waals surface area contributed by atoms with Crippen LogP contribution in [0.2, 0.25) is 10.0 Å². The van der Waals surface area contributed by atoms with Crippen molar-refractivity contribution in [2.75, 3.05) is 5.73 Å². The van der Waals surface area contributed by atoms with E-state index in [1.165, 1.54) is 11.8 Å². The molecule has 0 saturated carbocycles. The summed E-state index contributed by atoms with van der Waals surface area (Å²) in [7, 11) is 0. The molecular weight excluding hydrogens is 445 g/mol. The number of hydrogen-bond donors (Lipinski definition) is 1. The minimum Gasteiger partial charge on any atom is -0.382 e. The van der Waals surface area contributed by atoms with Crippen LogP contribution in [0.1, 0.15) is 19.8 Å². The van der Waals surface area contributed by atoms with E-state index < -0.39 is 0 Å². The van der Waals surface area contributed by atoms with Gasteiger partial charge in [-0.2, -0.15) is 0 Å². The van der Waals surface area contributed by atoms with Gasteiger partial charge in [0.05, 0.1) is 6.33 Å². The fourth-order valence-electron chi connectivity index (χ4n) is 2.38. The van der Waals surface area contributed by atoms with Crippen LogP contribution in [-0.2, 0) is 6.54 Å². The van der Waals surface area contributed by atoms with Crippen LogP contribution in [-0.4, -0.2) is 24.3 Å².